The molecule has 7 rings (SSSR count). The summed E-state index contributed by atoms with van der Waals surface area (Å²) >= 11 is 0. The lowest BCUT2D eigenvalue weighted by atomic mass is 9.93. The number of sulfonamides is 1. The van der Waals surface area contributed by atoms with Crippen molar-refractivity contribution in [2.24, 2.45) is 10.8 Å². The van der Waals surface area contributed by atoms with Crippen molar-refractivity contribution >= 4 is 33.0 Å². The molecule has 10 heteroatoms. The van der Waals surface area contributed by atoms with E-state index in [0.29, 0.717) is 28.7 Å². The molecule has 0 aromatic heterocycles. The van der Waals surface area contributed by atoms with E-state index in [1.807, 2.05) is 12.1 Å². The Morgan fingerprint density at radius 1 is 0.925 bits per heavy atom. The number of rotatable bonds is 8. The van der Waals surface area contributed by atoms with Crippen molar-refractivity contribution in [1.29, 1.82) is 0 Å². The maximum absolute atomic E-state index is 13.7. The van der Waals surface area contributed by atoms with Crippen molar-refractivity contribution in [2.45, 2.75) is 56.3 Å². The van der Waals surface area contributed by atoms with Crippen molar-refractivity contribution in [1.82, 2.24) is 4.72 Å². The van der Waals surface area contributed by atoms with Gasteiger partial charge in [0.05, 0.1) is 35.2 Å². The fourth-order valence-electron chi connectivity index (χ4n) is 6.78. The summed E-state index contributed by atoms with van der Waals surface area (Å²) in [6.07, 6.45) is 9.25. The van der Waals surface area contributed by atoms with Gasteiger partial charge in [-0.25, -0.2) is 13.1 Å². The Morgan fingerprint density at radius 3 is 2.35 bits per heavy atom. The van der Waals surface area contributed by atoms with Gasteiger partial charge in [-0.1, -0.05) is 0 Å². The third kappa shape index (κ3) is 4.84. The maximum atomic E-state index is 13.7. The van der Waals surface area contributed by atoms with Gasteiger partial charge < -0.3 is 25.0 Å². The first kappa shape index (κ1) is 26.1. The normalized spacial score (nSPS) is 21.9. The summed E-state index contributed by atoms with van der Waals surface area (Å²) in [6.45, 7) is 3.97. The van der Waals surface area contributed by atoms with Crippen LogP contribution in [0.15, 0.2) is 35.2 Å². The fourth-order valence-corrected chi connectivity index (χ4v) is 7.82. The molecule has 2 aromatic rings. The number of nitrogens with one attached hydrogen (secondary N) is 2. The lowest BCUT2D eigenvalue weighted by Crippen LogP contribution is -2.35. The first-order valence-corrected chi connectivity index (χ1v) is 16.1. The van der Waals surface area contributed by atoms with E-state index in [2.05, 4.69) is 19.8 Å². The topological polar surface area (TPSA) is 111 Å². The number of hydrogen-bond acceptors (Lipinski definition) is 7. The number of fused-ring (bicyclic) bond motifs is 1. The van der Waals surface area contributed by atoms with Crippen LogP contribution in [0, 0.1) is 10.8 Å². The molecule has 2 spiro atoms. The minimum atomic E-state index is -3.79. The Bertz CT molecular complexity index is 1440. The van der Waals surface area contributed by atoms with E-state index in [4.69, 9.17) is 9.84 Å². The van der Waals surface area contributed by atoms with Crippen LogP contribution in [0.25, 0.3) is 0 Å². The van der Waals surface area contributed by atoms with Gasteiger partial charge in [-0.3, -0.25) is 4.79 Å². The monoisotopic (exact) mass is 566 g/mol. The van der Waals surface area contributed by atoms with Crippen molar-refractivity contribution in [2.75, 3.05) is 61.1 Å². The number of aliphatic hydroxyl groups is 1. The second-order valence-corrected chi connectivity index (χ2v) is 14.3. The van der Waals surface area contributed by atoms with Gasteiger partial charge in [-0.05, 0) is 86.1 Å². The van der Waals surface area contributed by atoms with Gasteiger partial charge in [0.2, 0.25) is 10.0 Å². The van der Waals surface area contributed by atoms with E-state index in [1.54, 1.807) is 12.1 Å². The van der Waals surface area contributed by atoms with Crippen LogP contribution >= 0.6 is 0 Å². The lowest BCUT2D eigenvalue weighted by molar-refractivity contribution is 0.102. The molecule has 0 unspecified atom stereocenters. The number of hydrogen-bond donors (Lipinski definition) is 3. The molecule has 2 saturated heterocycles. The Morgan fingerprint density at radius 2 is 1.65 bits per heavy atom. The molecule has 0 bridgehead atoms. The molecule has 9 nitrogen and oxygen atoms in total. The quantitative estimate of drug-likeness (QED) is 0.449. The number of nitrogens with zero attached hydrogens (tertiary/aromatic N) is 2. The van der Waals surface area contributed by atoms with Crippen LogP contribution in [0.4, 0.5) is 17.1 Å². The minimum absolute atomic E-state index is 0.0507. The molecule has 0 atom stereocenters. The molecule has 2 saturated carbocycles. The Labute approximate surface area is 235 Å². The van der Waals surface area contributed by atoms with Crippen molar-refractivity contribution in [3.8, 4) is 5.75 Å². The molecule has 5 aliphatic rings. The number of carbonyl (C=O) groups is 1. The molecular weight excluding hydrogens is 528 g/mol. The maximum Gasteiger partial charge on any atom is 0.255 e. The standard InChI is InChI=1S/C30H38N4O5S/c35-15-11-31-40(37,38)23-1-2-24(25(19-23)33-12-8-29(4-5-29)9-13-33)32-28(36)22-17-21-3-16-39-27(21)26(18-22)34-14-10-30(20-34)6-7-30/h1-2,17-19,31,35H,3-16,20H2,(H,32,36). The lowest BCUT2D eigenvalue weighted by Gasteiger charge is -2.35. The van der Waals surface area contributed by atoms with E-state index in [1.165, 1.54) is 38.2 Å². The average Bonchev–Trinajstić information content (AvgIpc) is 3.78. The summed E-state index contributed by atoms with van der Waals surface area (Å²) in [4.78, 5) is 18.5. The Hall–Kier alpha value is -2.82. The third-order valence-electron chi connectivity index (χ3n) is 9.82. The number of aliphatic hydroxyl groups excluding tert-OH is 1. The van der Waals surface area contributed by atoms with Gasteiger partial charge in [-0.2, -0.15) is 0 Å². The molecule has 3 heterocycles. The number of ether oxygens (including phenoxy) is 1. The van der Waals surface area contributed by atoms with Gasteiger partial charge in [0, 0.05) is 50.3 Å². The number of piperidine rings is 1. The zero-order valence-electron chi connectivity index (χ0n) is 22.9. The van der Waals surface area contributed by atoms with Crippen molar-refractivity contribution in [3.05, 3.63) is 41.5 Å². The van der Waals surface area contributed by atoms with Crippen LogP contribution in [-0.4, -0.2) is 65.4 Å². The summed E-state index contributed by atoms with van der Waals surface area (Å²) in [7, 11) is -3.79. The second kappa shape index (κ2) is 9.63. The van der Waals surface area contributed by atoms with Gasteiger partial charge >= 0.3 is 0 Å². The van der Waals surface area contributed by atoms with E-state index in [-0.39, 0.29) is 24.0 Å². The minimum Gasteiger partial charge on any atom is -0.491 e. The largest absolute Gasteiger partial charge is 0.491 e. The number of amides is 1. The molecule has 3 aliphatic heterocycles. The van der Waals surface area contributed by atoms with Crippen LogP contribution in [0.3, 0.4) is 0 Å². The highest BCUT2D eigenvalue weighted by Crippen LogP contribution is 2.55. The van der Waals surface area contributed by atoms with E-state index in [0.717, 1.165) is 68.1 Å². The summed E-state index contributed by atoms with van der Waals surface area (Å²) in [6, 6.07) is 8.78. The van der Waals surface area contributed by atoms with Crippen LogP contribution in [-0.2, 0) is 16.4 Å². The SMILES string of the molecule is O=C(Nc1ccc(S(=O)(=O)NCCO)cc1N1CCC2(CC1)CC2)c1cc2c(c(N3CCC4(CC4)C3)c1)OCC2. The molecule has 2 aliphatic carbocycles. The van der Waals surface area contributed by atoms with Gasteiger partial charge in [-0.15, -0.1) is 0 Å². The van der Waals surface area contributed by atoms with Crippen molar-refractivity contribution < 1.29 is 23.1 Å². The average molecular weight is 567 g/mol. The zero-order valence-corrected chi connectivity index (χ0v) is 23.7. The van der Waals surface area contributed by atoms with Crippen LogP contribution in [0.1, 0.15) is 60.9 Å². The molecule has 0 radical (unpaired) electrons. The molecule has 1 amide bonds. The first-order chi connectivity index (χ1) is 19.3. The molecule has 2 aromatic carbocycles. The molecule has 40 heavy (non-hydrogen) atoms. The second-order valence-electron chi connectivity index (χ2n) is 12.5. The summed E-state index contributed by atoms with van der Waals surface area (Å²) in [5.74, 6) is 0.712. The van der Waals surface area contributed by atoms with E-state index < -0.39 is 10.0 Å². The molecule has 3 N–H and O–H groups in total. The van der Waals surface area contributed by atoms with E-state index >= 15 is 0 Å². The highest BCUT2D eigenvalue weighted by atomic mass is 32.2. The summed E-state index contributed by atoms with van der Waals surface area (Å²) < 4.78 is 34.2. The smallest absolute Gasteiger partial charge is 0.255 e. The van der Waals surface area contributed by atoms with Crippen LogP contribution in [0.2, 0.25) is 0 Å². The number of anilines is 3. The van der Waals surface area contributed by atoms with E-state index in [9.17, 15) is 13.2 Å². The van der Waals surface area contributed by atoms with Crippen molar-refractivity contribution in [3.63, 3.8) is 0 Å². The highest BCUT2D eigenvalue weighted by Gasteiger charge is 2.48. The van der Waals surface area contributed by atoms with Gasteiger partial charge in [0.1, 0.15) is 5.75 Å². The zero-order chi connectivity index (χ0) is 27.5. The van der Waals surface area contributed by atoms with Crippen LogP contribution in [0.5, 0.6) is 5.75 Å². The predicted molar refractivity (Wildman–Crippen MR) is 154 cm³/mol. The number of carbonyl (C=O) groups excluding carboxylic acids is 1. The Balaban J connectivity index is 1.18. The predicted octanol–water partition coefficient (Wildman–Crippen LogP) is 3.52. The van der Waals surface area contributed by atoms with Gasteiger partial charge in [0.25, 0.3) is 5.91 Å². The highest BCUT2D eigenvalue weighted by molar-refractivity contribution is 7.89. The number of benzene rings is 2. The summed E-state index contributed by atoms with van der Waals surface area (Å²) in [5.41, 5.74) is 4.93. The summed E-state index contributed by atoms with van der Waals surface area (Å²) in [5, 5.41) is 12.2. The Kier molecular flexibility index (Phi) is 6.29. The molecule has 214 valence electrons. The molecule has 4 fully saturated rings. The fraction of sp³-hybridized carbons (Fsp3) is 0.567. The van der Waals surface area contributed by atoms with Gasteiger partial charge in [0.15, 0.2) is 0 Å². The molecular formula is C30H38N4O5S. The first-order valence-electron chi connectivity index (χ1n) is 14.6. The third-order valence-corrected chi connectivity index (χ3v) is 11.3. The van der Waals surface area contributed by atoms with Crippen LogP contribution < -0.4 is 24.6 Å².